The second-order valence-electron chi connectivity index (χ2n) is 13.0. The van der Waals surface area contributed by atoms with E-state index in [1.54, 1.807) is 0 Å². The van der Waals surface area contributed by atoms with Crippen LogP contribution in [0, 0.1) is 0 Å². The van der Waals surface area contributed by atoms with Crippen LogP contribution in [-0.4, -0.2) is 28.7 Å². The van der Waals surface area contributed by atoms with Gasteiger partial charge >= 0.3 is 0 Å². The Labute approximate surface area is 269 Å². The third-order valence-electron chi connectivity index (χ3n) is 10.8. The Morgan fingerprint density at radius 1 is 0.312 bits per heavy atom. The number of nitrogens with zero attached hydrogens (tertiary/aromatic N) is 6. The quantitative estimate of drug-likeness (QED) is 0.127. The molecule has 0 bridgehead atoms. The molecular formula is C42H20N6. The number of benzene rings is 6. The first-order valence-corrected chi connectivity index (χ1v) is 16.3. The van der Waals surface area contributed by atoms with E-state index in [4.69, 9.17) is 19.9 Å². The fourth-order valence-electron chi connectivity index (χ4n) is 9.05. The first-order chi connectivity index (χ1) is 23.9. The third kappa shape index (κ3) is 2.46. The van der Waals surface area contributed by atoms with E-state index >= 15 is 0 Å². The summed E-state index contributed by atoms with van der Waals surface area (Å²) < 4.78 is 4.98. The molecule has 13 rings (SSSR count). The molecule has 218 valence electrons. The first kappa shape index (κ1) is 23.6. The monoisotopic (exact) mass is 608 g/mol. The molecule has 0 atom stereocenters. The molecule has 6 nitrogen and oxygen atoms in total. The maximum absolute atomic E-state index is 5.62. The molecule has 7 heterocycles. The minimum atomic E-state index is 0.779. The Bertz CT molecular complexity index is 3340. The summed E-state index contributed by atoms with van der Waals surface area (Å²) in [6, 6.07) is 39.1. The summed E-state index contributed by atoms with van der Waals surface area (Å²) in [7, 11) is 0. The van der Waals surface area contributed by atoms with Crippen LogP contribution in [0.3, 0.4) is 0 Å². The largest absolute Gasteiger partial charge is 0.306 e. The fraction of sp³-hybridized carbons (Fsp3) is 0. The lowest BCUT2D eigenvalue weighted by Crippen LogP contribution is -1.96. The summed E-state index contributed by atoms with van der Waals surface area (Å²) in [5.74, 6) is 0. The number of para-hydroxylation sites is 4. The molecule has 0 spiro atoms. The van der Waals surface area contributed by atoms with E-state index in [-0.39, 0.29) is 0 Å². The lowest BCUT2D eigenvalue weighted by atomic mass is 10.0. The zero-order valence-electron chi connectivity index (χ0n) is 25.2. The smallest absolute Gasteiger partial charge is 0.118 e. The van der Waals surface area contributed by atoms with Crippen molar-refractivity contribution in [3.63, 3.8) is 0 Å². The highest BCUT2D eigenvalue weighted by Gasteiger charge is 2.28. The molecule has 13 aromatic rings. The van der Waals surface area contributed by atoms with Gasteiger partial charge in [-0.25, -0.2) is 9.97 Å². The molecular weight excluding hydrogens is 589 g/mol. The van der Waals surface area contributed by atoms with Crippen molar-refractivity contribution in [2.24, 2.45) is 0 Å². The SMILES string of the molecule is c1cnc2c(c1)c1cccnc1c1nc3c(nc21)c1c2cccc4c5ccccc5n(c42)c1c1c3c2cccc3c4ccccc4n1c32. The molecule has 0 aliphatic rings. The van der Waals surface area contributed by atoms with Crippen molar-refractivity contribution in [2.45, 2.75) is 0 Å². The Kier molecular flexibility index (Phi) is 3.85. The lowest BCUT2D eigenvalue weighted by Gasteiger charge is -2.11. The standard InChI is InChI=1S/C42H20N6/c1-3-17-29-21(9-1)25-11-5-13-27-31-35-36(46-38-34-24(16-8-20-44-34)23-15-7-19-43-33(23)37(38)45-35)32-28-14-6-12-26-22-10-2-4-18-30(22)48(40(26)28)42(32)41(31)47(29)39(25)27/h1-20H. The molecule has 0 radical (unpaired) electrons. The van der Waals surface area contributed by atoms with Crippen molar-refractivity contribution in [2.75, 3.05) is 0 Å². The summed E-state index contributed by atoms with van der Waals surface area (Å²) in [6.07, 6.45) is 3.70. The summed E-state index contributed by atoms with van der Waals surface area (Å²) in [5.41, 5.74) is 12.2. The molecule has 0 unspecified atom stereocenters. The van der Waals surface area contributed by atoms with Crippen molar-refractivity contribution in [1.29, 1.82) is 0 Å². The average Bonchev–Trinajstić information content (AvgIpc) is 3.88. The number of pyridine rings is 2. The molecule has 0 amide bonds. The number of rotatable bonds is 0. The van der Waals surface area contributed by atoms with Crippen LogP contribution >= 0.6 is 0 Å². The Hall–Kier alpha value is -6.66. The number of aromatic nitrogens is 6. The van der Waals surface area contributed by atoms with E-state index in [2.05, 4.69) is 106 Å². The van der Waals surface area contributed by atoms with Gasteiger partial charge in [0.1, 0.15) is 22.1 Å². The van der Waals surface area contributed by atoms with Gasteiger partial charge < -0.3 is 8.80 Å². The summed E-state index contributed by atoms with van der Waals surface area (Å²) >= 11 is 0. The highest BCUT2D eigenvalue weighted by Crippen LogP contribution is 2.49. The second-order valence-corrected chi connectivity index (χ2v) is 13.0. The molecule has 0 saturated carbocycles. The third-order valence-corrected chi connectivity index (χ3v) is 10.8. The first-order valence-electron chi connectivity index (χ1n) is 16.3. The van der Waals surface area contributed by atoms with Gasteiger partial charge in [0.25, 0.3) is 0 Å². The minimum absolute atomic E-state index is 0.779. The van der Waals surface area contributed by atoms with E-state index in [1.807, 2.05) is 24.5 Å². The lowest BCUT2D eigenvalue weighted by molar-refractivity contribution is 1.33. The van der Waals surface area contributed by atoms with Crippen LogP contribution in [0.4, 0.5) is 0 Å². The normalized spacial score (nSPS) is 13.0. The van der Waals surface area contributed by atoms with Crippen LogP contribution in [-0.2, 0) is 0 Å². The van der Waals surface area contributed by atoms with E-state index in [0.717, 1.165) is 65.7 Å². The van der Waals surface area contributed by atoms with Crippen LogP contribution in [0.5, 0.6) is 0 Å². The molecule has 0 N–H and O–H groups in total. The maximum Gasteiger partial charge on any atom is 0.118 e. The highest BCUT2D eigenvalue weighted by molar-refractivity contribution is 6.40. The van der Waals surface area contributed by atoms with Gasteiger partial charge in [0.15, 0.2) is 0 Å². The molecule has 7 aromatic heterocycles. The number of hydrogen-bond donors (Lipinski definition) is 0. The van der Waals surface area contributed by atoms with Crippen molar-refractivity contribution in [3.8, 4) is 0 Å². The van der Waals surface area contributed by atoms with Gasteiger partial charge in [0.2, 0.25) is 0 Å². The van der Waals surface area contributed by atoms with Crippen LogP contribution in [0.15, 0.2) is 122 Å². The van der Waals surface area contributed by atoms with Gasteiger partial charge in [0.05, 0.1) is 44.1 Å². The zero-order chi connectivity index (χ0) is 30.8. The molecule has 6 aromatic carbocycles. The molecule has 0 fully saturated rings. The maximum atomic E-state index is 5.62. The predicted octanol–water partition coefficient (Wildman–Crippen LogP) is 10.2. The molecule has 6 heteroatoms. The highest BCUT2D eigenvalue weighted by atomic mass is 15.0. The molecule has 0 saturated heterocycles. The number of hydrogen-bond acceptors (Lipinski definition) is 4. The van der Waals surface area contributed by atoms with Gasteiger partial charge in [-0.05, 0) is 24.3 Å². The summed E-state index contributed by atoms with van der Waals surface area (Å²) in [5, 5.41) is 11.7. The zero-order valence-corrected chi connectivity index (χ0v) is 25.2. The molecule has 0 aliphatic carbocycles. The van der Waals surface area contributed by atoms with Crippen molar-refractivity contribution < 1.29 is 0 Å². The van der Waals surface area contributed by atoms with Gasteiger partial charge in [-0.1, -0.05) is 84.9 Å². The number of fused-ring (bicyclic) bond motifs is 22. The van der Waals surface area contributed by atoms with Gasteiger partial charge in [0, 0.05) is 66.3 Å². The molecule has 48 heavy (non-hydrogen) atoms. The van der Waals surface area contributed by atoms with E-state index in [1.165, 1.54) is 54.4 Å². The topological polar surface area (TPSA) is 60.4 Å². The van der Waals surface area contributed by atoms with Gasteiger partial charge in [-0.3, -0.25) is 9.97 Å². The summed E-state index contributed by atoms with van der Waals surface area (Å²) in [6.45, 7) is 0. The Balaban J connectivity index is 1.45. The van der Waals surface area contributed by atoms with E-state index in [0.29, 0.717) is 0 Å². The minimum Gasteiger partial charge on any atom is -0.306 e. The van der Waals surface area contributed by atoms with Crippen LogP contribution in [0.25, 0.3) is 120 Å². The van der Waals surface area contributed by atoms with Crippen LogP contribution in [0.1, 0.15) is 0 Å². The van der Waals surface area contributed by atoms with Crippen molar-refractivity contribution in [3.05, 3.63) is 122 Å². The van der Waals surface area contributed by atoms with E-state index in [9.17, 15) is 0 Å². The Morgan fingerprint density at radius 2 is 0.729 bits per heavy atom. The Morgan fingerprint density at radius 3 is 1.23 bits per heavy atom. The van der Waals surface area contributed by atoms with Gasteiger partial charge in [-0.15, -0.1) is 0 Å². The van der Waals surface area contributed by atoms with E-state index < -0.39 is 0 Å². The van der Waals surface area contributed by atoms with Gasteiger partial charge in [-0.2, -0.15) is 0 Å². The van der Waals surface area contributed by atoms with Crippen molar-refractivity contribution >= 4 is 120 Å². The molecule has 0 aliphatic heterocycles. The van der Waals surface area contributed by atoms with Crippen molar-refractivity contribution in [1.82, 2.24) is 28.7 Å². The predicted molar refractivity (Wildman–Crippen MR) is 197 cm³/mol. The van der Waals surface area contributed by atoms with Crippen LogP contribution in [0.2, 0.25) is 0 Å². The second kappa shape index (κ2) is 7.82. The average molecular weight is 609 g/mol. The van der Waals surface area contributed by atoms with Crippen LogP contribution < -0.4 is 0 Å². The fourth-order valence-corrected chi connectivity index (χ4v) is 9.05. The summed E-state index contributed by atoms with van der Waals surface area (Å²) in [4.78, 5) is 21.0.